The zero-order chi connectivity index (χ0) is 20.4. The first-order valence-corrected chi connectivity index (χ1v) is 11.1. The summed E-state index contributed by atoms with van der Waals surface area (Å²) in [6, 6.07) is 0. The average Bonchev–Trinajstić information content (AvgIpc) is 3.15. The van der Waals surface area contributed by atoms with Gasteiger partial charge in [-0.15, -0.1) is 4.37 Å². The highest BCUT2D eigenvalue weighted by molar-refractivity contribution is 6.99. The van der Waals surface area contributed by atoms with Crippen LogP contribution in [0.1, 0.15) is 65.0 Å². The molecule has 7 nitrogen and oxygen atoms in total. The van der Waals surface area contributed by atoms with E-state index in [0.717, 1.165) is 37.1 Å². The van der Waals surface area contributed by atoms with E-state index in [-0.39, 0.29) is 6.23 Å². The average molecular weight is 413 g/mol. The molecule has 1 aromatic rings. The molecule has 0 aromatic carbocycles. The van der Waals surface area contributed by atoms with Crippen LogP contribution in [0, 0.1) is 0 Å². The molecule has 0 fully saturated rings. The number of rotatable bonds is 11. The van der Waals surface area contributed by atoms with Crippen LogP contribution in [0.2, 0.25) is 0 Å². The van der Waals surface area contributed by atoms with Crippen molar-refractivity contribution in [2.45, 2.75) is 65.5 Å². The SMILES string of the molecule is CCCCCCOc1nsnc1C1=CCC[N+](C)([C@@H](C)OC(=O)OCCC)C1. The van der Waals surface area contributed by atoms with Gasteiger partial charge in [-0.2, -0.15) is 4.37 Å². The van der Waals surface area contributed by atoms with Crippen LogP contribution in [0.5, 0.6) is 5.88 Å². The first-order chi connectivity index (χ1) is 13.5. The predicted molar refractivity (Wildman–Crippen MR) is 110 cm³/mol. The molecule has 0 spiro atoms. The summed E-state index contributed by atoms with van der Waals surface area (Å²) in [4.78, 5) is 11.8. The Morgan fingerprint density at radius 3 is 2.79 bits per heavy atom. The number of hydrogen-bond donors (Lipinski definition) is 0. The molecular formula is C20H34N3O4S+. The molecule has 0 saturated heterocycles. The van der Waals surface area contributed by atoms with Gasteiger partial charge in [0.15, 0.2) is 0 Å². The van der Waals surface area contributed by atoms with Gasteiger partial charge < -0.3 is 14.2 Å². The number of nitrogens with zero attached hydrogens (tertiary/aromatic N) is 3. The van der Waals surface area contributed by atoms with Gasteiger partial charge in [0.2, 0.25) is 6.23 Å². The molecule has 2 rings (SSSR count). The van der Waals surface area contributed by atoms with E-state index in [2.05, 4.69) is 28.8 Å². The van der Waals surface area contributed by atoms with Gasteiger partial charge in [-0.05, 0) is 12.8 Å². The fourth-order valence-corrected chi connectivity index (χ4v) is 3.73. The lowest BCUT2D eigenvalue weighted by molar-refractivity contribution is -0.944. The third-order valence-corrected chi connectivity index (χ3v) is 5.64. The Morgan fingerprint density at radius 2 is 2.04 bits per heavy atom. The fraction of sp³-hybridized carbons (Fsp3) is 0.750. The van der Waals surface area contributed by atoms with Gasteiger partial charge in [-0.1, -0.05) is 39.2 Å². The minimum absolute atomic E-state index is 0.307. The zero-order valence-corrected chi connectivity index (χ0v) is 18.4. The summed E-state index contributed by atoms with van der Waals surface area (Å²) in [5, 5.41) is 0. The Hall–Kier alpha value is -1.67. The number of aromatic nitrogens is 2. The van der Waals surface area contributed by atoms with Gasteiger partial charge in [0.1, 0.15) is 12.2 Å². The van der Waals surface area contributed by atoms with Crippen LogP contribution in [-0.4, -0.2) is 59.0 Å². The van der Waals surface area contributed by atoms with Gasteiger partial charge in [0, 0.05) is 18.9 Å². The van der Waals surface area contributed by atoms with Crippen molar-refractivity contribution in [2.75, 3.05) is 33.4 Å². The number of carbonyl (C=O) groups is 1. The number of hydrogen-bond acceptors (Lipinski definition) is 7. The normalized spacial score (nSPS) is 20.4. The zero-order valence-electron chi connectivity index (χ0n) is 17.6. The monoisotopic (exact) mass is 412 g/mol. The van der Waals surface area contributed by atoms with E-state index in [1.54, 1.807) is 0 Å². The van der Waals surface area contributed by atoms with E-state index in [0.29, 0.717) is 30.1 Å². The van der Waals surface area contributed by atoms with E-state index in [1.165, 1.54) is 31.0 Å². The summed E-state index contributed by atoms with van der Waals surface area (Å²) in [7, 11) is 2.09. The summed E-state index contributed by atoms with van der Waals surface area (Å²) in [6.45, 7) is 8.71. The molecule has 0 amide bonds. The Balaban J connectivity index is 1.96. The third-order valence-electron chi connectivity index (χ3n) is 5.13. The smallest absolute Gasteiger partial charge is 0.475 e. The fourth-order valence-electron chi connectivity index (χ4n) is 3.20. The summed E-state index contributed by atoms with van der Waals surface area (Å²) in [5.41, 5.74) is 1.92. The highest BCUT2D eigenvalue weighted by atomic mass is 32.1. The van der Waals surface area contributed by atoms with Crippen LogP contribution in [-0.2, 0) is 9.47 Å². The molecule has 28 heavy (non-hydrogen) atoms. The Bertz CT molecular complexity index is 649. The number of quaternary nitrogens is 1. The van der Waals surface area contributed by atoms with E-state index in [4.69, 9.17) is 14.2 Å². The number of unbranched alkanes of at least 4 members (excludes halogenated alkanes) is 3. The minimum Gasteiger partial charge on any atom is -0.475 e. The molecule has 1 aliphatic rings. The van der Waals surface area contributed by atoms with E-state index < -0.39 is 6.16 Å². The van der Waals surface area contributed by atoms with Gasteiger partial charge in [0.05, 0.1) is 38.5 Å². The summed E-state index contributed by atoms with van der Waals surface area (Å²) >= 11 is 1.18. The summed E-state index contributed by atoms with van der Waals surface area (Å²) in [6.07, 6.45) is 7.59. The van der Waals surface area contributed by atoms with Crippen LogP contribution in [0.3, 0.4) is 0 Å². The Labute approximate surface area is 172 Å². The van der Waals surface area contributed by atoms with Crippen molar-refractivity contribution in [3.05, 3.63) is 11.8 Å². The molecule has 1 aliphatic heterocycles. The molecule has 2 atom stereocenters. The molecule has 158 valence electrons. The van der Waals surface area contributed by atoms with Crippen LogP contribution < -0.4 is 4.74 Å². The van der Waals surface area contributed by atoms with Crippen LogP contribution in [0.25, 0.3) is 5.57 Å². The molecule has 0 saturated carbocycles. The topological polar surface area (TPSA) is 70.5 Å². The quantitative estimate of drug-likeness (QED) is 0.300. The lowest BCUT2D eigenvalue weighted by Crippen LogP contribution is -2.55. The van der Waals surface area contributed by atoms with Gasteiger partial charge >= 0.3 is 6.16 Å². The largest absolute Gasteiger partial charge is 0.512 e. The maximum atomic E-state index is 11.8. The molecular weight excluding hydrogens is 378 g/mol. The van der Waals surface area contributed by atoms with E-state index >= 15 is 0 Å². The maximum absolute atomic E-state index is 11.8. The summed E-state index contributed by atoms with van der Waals surface area (Å²) in [5.74, 6) is 0.622. The Kier molecular flexibility index (Phi) is 9.18. The van der Waals surface area contributed by atoms with Gasteiger partial charge in [-0.25, -0.2) is 4.79 Å². The highest BCUT2D eigenvalue weighted by Gasteiger charge is 2.37. The second-order valence-electron chi connectivity index (χ2n) is 7.52. The predicted octanol–water partition coefficient (Wildman–Crippen LogP) is 4.64. The van der Waals surface area contributed by atoms with Crippen molar-refractivity contribution in [1.82, 2.24) is 8.75 Å². The molecule has 2 heterocycles. The molecule has 0 N–H and O–H groups in total. The number of ether oxygens (including phenoxy) is 3. The maximum Gasteiger partial charge on any atom is 0.512 e. The standard InChI is InChI=1S/C20H34N3O4S/c1-5-7-8-9-14-25-19-18(21-28-22-19)17-11-10-12-23(4,15-17)16(3)27-20(24)26-13-6-2/h11,16H,5-10,12-15H2,1-4H3/q+1/t16-,23?/m1/s1. The molecule has 8 heteroatoms. The van der Waals surface area contributed by atoms with Gasteiger partial charge in [-0.3, -0.25) is 4.48 Å². The van der Waals surface area contributed by atoms with Crippen LogP contribution >= 0.6 is 11.7 Å². The second kappa shape index (κ2) is 11.4. The van der Waals surface area contributed by atoms with Crippen molar-refractivity contribution in [3.63, 3.8) is 0 Å². The second-order valence-corrected chi connectivity index (χ2v) is 8.05. The minimum atomic E-state index is -0.601. The van der Waals surface area contributed by atoms with Crippen LogP contribution in [0.15, 0.2) is 6.08 Å². The van der Waals surface area contributed by atoms with Crippen LogP contribution in [0.4, 0.5) is 4.79 Å². The van der Waals surface area contributed by atoms with E-state index in [1.807, 2.05) is 13.8 Å². The summed E-state index contributed by atoms with van der Waals surface area (Å²) < 4.78 is 25.9. The first kappa shape index (κ1) is 22.6. The third kappa shape index (κ3) is 6.44. The molecule has 0 aliphatic carbocycles. The molecule has 1 unspecified atom stereocenters. The number of likely N-dealkylation sites (N-methyl/N-ethyl adjacent to an activating group) is 1. The Morgan fingerprint density at radius 1 is 1.21 bits per heavy atom. The number of carbonyl (C=O) groups excluding carboxylic acids is 1. The first-order valence-electron chi connectivity index (χ1n) is 10.3. The van der Waals surface area contributed by atoms with E-state index in [9.17, 15) is 4.79 Å². The van der Waals surface area contributed by atoms with Crippen molar-refractivity contribution < 1.29 is 23.5 Å². The molecule has 1 aromatic heterocycles. The molecule has 0 bridgehead atoms. The van der Waals surface area contributed by atoms with Crippen molar-refractivity contribution in [1.29, 1.82) is 0 Å². The highest BCUT2D eigenvalue weighted by Crippen LogP contribution is 2.31. The lowest BCUT2D eigenvalue weighted by Gasteiger charge is -2.41. The molecule has 0 radical (unpaired) electrons. The van der Waals surface area contributed by atoms with Crippen molar-refractivity contribution in [2.24, 2.45) is 0 Å². The van der Waals surface area contributed by atoms with Gasteiger partial charge in [0.25, 0.3) is 5.88 Å². The lowest BCUT2D eigenvalue weighted by atomic mass is 10.0. The van der Waals surface area contributed by atoms with Crippen molar-refractivity contribution >= 4 is 23.5 Å². The van der Waals surface area contributed by atoms with Crippen molar-refractivity contribution in [3.8, 4) is 5.88 Å².